The van der Waals surface area contributed by atoms with Crippen molar-refractivity contribution in [1.29, 1.82) is 0 Å². The number of urea groups is 1. The zero-order valence-electron chi connectivity index (χ0n) is 17.0. The SMILES string of the molecule is CC(C)(C)OC(=O)N1CC2(CC(c3cccc(N4CCC(=O)NC4=O)c3Cl)C2)C1. The molecule has 4 rings (SSSR count). The molecular weight excluding hydrogens is 394 g/mol. The van der Waals surface area contributed by atoms with E-state index in [0.717, 1.165) is 18.4 Å². The van der Waals surface area contributed by atoms with Crippen LogP contribution in [0.15, 0.2) is 18.2 Å². The van der Waals surface area contributed by atoms with Gasteiger partial charge in [-0.05, 0) is 51.2 Å². The normalized spacial score (nSPS) is 21.5. The van der Waals surface area contributed by atoms with E-state index in [2.05, 4.69) is 5.32 Å². The second-order valence-electron chi connectivity index (χ2n) is 9.38. The van der Waals surface area contributed by atoms with Crippen molar-refractivity contribution in [2.75, 3.05) is 24.5 Å². The summed E-state index contributed by atoms with van der Waals surface area (Å²) in [6.45, 7) is 7.36. The molecule has 1 N–H and O–H groups in total. The molecule has 0 unspecified atom stereocenters. The van der Waals surface area contributed by atoms with Crippen LogP contribution in [0.2, 0.25) is 5.02 Å². The van der Waals surface area contributed by atoms with Crippen LogP contribution >= 0.6 is 11.6 Å². The number of carbonyl (C=O) groups is 3. The summed E-state index contributed by atoms with van der Waals surface area (Å²) in [5.41, 5.74) is 1.33. The summed E-state index contributed by atoms with van der Waals surface area (Å²) in [7, 11) is 0. The molecule has 4 amide bonds. The highest BCUT2D eigenvalue weighted by Crippen LogP contribution is 2.57. The van der Waals surface area contributed by atoms with Gasteiger partial charge in [0.05, 0.1) is 10.7 Å². The summed E-state index contributed by atoms with van der Waals surface area (Å²) in [6, 6.07) is 5.28. The van der Waals surface area contributed by atoms with Gasteiger partial charge >= 0.3 is 12.1 Å². The summed E-state index contributed by atoms with van der Waals surface area (Å²) < 4.78 is 5.43. The zero-order chi connectivity index (χ0) is 21.0. The molecule has 2 aliphatic heterocycles. The molecule has 8 heteroatoms. The van der Waals surface area contributed by atoms with Gasteiger partial charge in [0.2, 0.25) is 5.91 Å². The first kappa shape index (κ1) is 20.0. The number of likely N-dealkylation sites (tertiary alicyclic amines) is 1. The molecule has 7 nitrogen and oxygen atoms in total. The lowest BCUT2D eigenvalue weighted by atomic mass is 9.56. The predicted molar refractivity (Wildman–Crippen MR) is 109 cm³/mol. The number of nitrogens with one attached hydrogen (secondary N) is 1. The van der Waals surface area contributed by atoms with Crippen molar-refractivity contribution < 1.29 is 19.1 Å². The molecule has 156 valence electrons. The fourth-order valence-corrected chi connectivity index (χ4v) is 4.92. The van der Waals surface area contributed by atoms with Crippen molar-refractivity contribution in [3.05, 3.63) is 28.8 Å². The molecule has 0 aromatic heterocycles. The van der Waals surface area contributed by atoms with Gasteiger partial charge in [0.25, 0.3) is 0 Å². The first-order valence-corrected chi connectivity index (χ1v) is 10.3. The van der Waals surface area contributed by atoms with E-state index in [1.807, 2.05) is 39.0 Å². The Bertz CT molecular complexity index is 865. The summed E-state index contributed by atoms with van der Waals surface area (Å²) in [5.74, 6) is 0.0386. The molecule has 1 spiro atoms. The Morgan fingerprint density at radius 1 is 1.24 bits per heavy atom. The van der Waals surface area contributed by atoms with Crippen LogP contribution in [0, 0.1) is 5.41 Å². The maximum absolute atomic E-state index is 12.2. The van der Waals surface area contributed by atoms with Crippen LogP contribution in [-0.4, -0.2) is 48.2 Å². The standard InChI is InChI=1S/C21H26ClN3O4/c1-20(2,3)29-19(28)24-11-21(12-24)9-13(10-21)14-5-4-6-15(17(14)22)25-8-7-16(26)23-18(25)27/h4-6,13H,7-12H2,1-3H3,(H,23,26,27). The number of ether oxygens (including phenoxy) is 1. The Labute approximate surface area is 175 Å². The lowest BCUT2D eigenvalue weighted by Crippen LogP contribution is -2.63. The highest BCUT2D eigenvalue weighted by atomic mass is 35.5. The van der Waals surface area contributed by atoms with Crippen molar-refractivity contribution in [2.24, 2.45) is 5.41 Å². The van der Waals surface area contributed by atoms with Crippen LogP contribution in [0.4, 0.5) is 15.3 Å². The Morgan fingerprint density at radius 3 is 2.55 bits per heavy atom. The molecule has 1 aliphatic carbocycles. The number of hydrogen-bond acceptors (Lipinski definition) is 4. The van der Waals surface area contributed by atoms with Gasteiger partial charge < -0.3 is 9.64 Å². The molecular formula is C21H26ClN3O4. The van der Waals surface area contributed by atoms with E-state index in [4.69, 9.17) is 16.3 Å². The molecule has 0 bridgehead atoms. The molecule has 2 heterocycles. The van der Waals surface area contributed by atoms with Crippen molar-refractivity contribution >= 4 is 35.3 Å². The largest absolute Gasteiger partial charge is 0.444 e. The molecule has 3 fully saturated rings. The third-order valence-corrected chi connectivity index (χ3v) is 6.27. The summed E-state index contributed by atoms with van der Waals surface area (Å²) in [6.07, 6.45) is 1.93. The minimum absolute atomic E-state index is 0.149. The van der Waals surface area contributed by atoms with E-state index < -0.39 is 11.6 Å². The fraction of sp³-hybridized carbons (Fsp3) is 0.571. The highest BCUT2D eigenvalue weighted by molar-refractivity contribution is 6.34. The summed E-state index contributed by atoms with van der Waals surface area (Å²) in [5, 5.41) is 2.90. The van der Waals surface area contributed by atoms with Gasteiger partial charge in [0.15, 0.2) is 0 Å². The maximum Gasteiger partial charge on any atom is 0.410 e. The minimum atomic E-state index is -0.485. The molecule has 1 aromatic carbocycles. The van der Waals surface area contributed by atoms with Gasteiger partial charge in [-0.1, -0.05) is 23.7 Å². The maximum atomic E-state index is 12.2. The van der Waals surface area contributed by atoms with Gasteiger partial charge in [-0.25, -0.2) is 9.59 Å². The average molecular weight is 420 g/mol. The lowest BCUT2D eigenvalue weighted by Gasteiger charge is -2.59. The highest BCUT2D eigenvalue weighted by Gasteiger charge is 2.55. The number of amides is 4. The van der Waals surface area contributed by atoms with Crippen LogP contribution in [-0.2, 0) is 9.53 Å². The van der Waals surface area contributed by atoms with Crippen molar-refractivity contribution in [2.45, 2.75) is 51.6 Å². The number of anilines is 1. The Morgan fingerprint density at radius 2 is 1.93 bits per heavy atom. The second kappa shape index (κ2) is 6.90. The monoisotopic (exact) mass is 419 g/mol. The number of hydrogen-bond donors (Lipinski definition) is 1. The van der Waals surface area contributed by atoms with E-state index in [9.17, 15) is 14.4 Å². The molecule has 1 saturated carbocycles. The van der Waals surface area contributed by atoms with E-state index in [0.29, 0.717) is 36.3 Å². The minimum Gasteiger partial charge on any atom is -0.444 e. The number of nitrogens with zero attached hydrogens (tertiary/aromatic N) is 2. The summed E-state index contributed by atoms with van der Waals surface area (Å²) >= 11 is 6.67. The number of imide groups is 1. The average Bonchev–Trinajstić information content (AvgIpc) is 2.52. The second-order valence-corrected chi connectivity index (χ2v) is 9.75. The van der Waals surface area contributed by atoms with Crippen molar-refractivity contribution in [1.82, 2.24) is 10.2 Å². The molecule has 3 aliphatic rings. The lowest BCUT2D eigenvalue weighted by molar-refractivity contribution is -0.120. The number of carbonyl (C=O) groups excluding carboxylic acids is 3. The van der Waals surface area contributed by atoms with Crippen LogP contribution < -0.4 is 10.2 Å². The number of halogens is 1. The van der Waals surface area contributed by atoms with Crippen LogP contribution in [0.5, 0.6) is 0 Å². The molecule has 0 radical (unpaired) electrons. The van der Waals surface area contributed by atoms with Crippen molar-refractivity contribution in [3.63, 3.8) is 0 Å². The Kier molecular flexibility index (Phi) is 4.76. The summed E-state index contributed by atoms with van der Waals surface area (Å²) in [4.78, 5) is 39.0. The topological polar surface area (TPSA) is 79.0 Å². The molecule has 0 atom stereocenters. The van der Waals surface area contributed by atoms with E-state index in [1.165, 1.54) is 4.90 Å². The van der Waals surface area contributed by atoms with Gasteiger partial charge in [0.1, 0.15) is 5.60 Å². The van der Waals surface area contributed by atoms with E-state index in [1.54, 1.807) is 4.90 Å². The fourth-order valence-electron chi connectivity index (χ4n) is 4.54. The quantitative estimate of drug-likeness (QED) is 0.788. The molecule has 1 aromatic rings. The van der Waals surface area contributed by atoms with Gasteiger partial charge in [-0.15, -0.1) is 0 Å². The Balaban J connectivity index is 1.39. The first-order valence-electron chi connectivity index (χ1n) is 9.95. The smallest absolute Gasteiger partial charge is 0.410 e. The third-order valence-electron chi connectivity index (χ3n) is 5.86. The zero-order valence-corrected chi connectivity index (χ0v) is 17.7. The van der Waals surface area contributed by atoms with E-state index >= 15 is 0 Å². The van der Waals surface area contributed by atoms with Gasteiger partial charge in [-0.3, -0.25) is 15.0 Å². The van der Waals surface area contributed by atoms with Gasteiger partial charge in [0, 0.05) is 31.5 Å². The third kappa shape index (κ3) is 3.80. The predicted octanol–water partition coefficient (Wildman–Crippen LogP) is 3.90. The van der Waals surface area contributed by atoms with Crippen LogP contribution in [0.3, 0.4) is 0 Å². The first-order chi connectivity index (χ1) is 13.6. The molecule has 29 heavy (non-hydrogen) atoms. The van der Waals surface area contributed by atoms with Crippen molar-refractivity contribution in [3.8, 4) is 0 Å². The number of benzene rings is 1. The number of rotatable bonds is 2. The van der Waals surface area contributed by atoms with Crippen LogP contribution in [0.25, 0.3) is 0 Å². The Hall–Kier alpha value is -2.28. The van der Waals surface area contributed by atoms with Gasteiger partial charge in [-0.2, -0.15) is 0 Å². The van der Waals surface area contributed by atoms with Crippen LogP contribution in [0.1, 0.15) is 51.5 Å². The van der Waals surface area contributed by atoms with E-state index in [-0.39, 0.29) is 23.8 Å². The molecule has 2 saturated heterocycles.